The van der Waals surface area contributed by atoms with Crippen LogP contribution in [0.4, 0.5) is 5.69 Å². The molecule has 1 aliphatic heterocycles. The van der Waals surface area contributed by atoms with Crippen LogP contribution in [-0.4, -0.2) is 26.9 Å². The molecule has 3 rings (SSSR count). The van der Waals surface area contributed by atoms with Crippen LogP contribution in [0.2, 0.25) is 0 Å². The summed E-state index contributed by atoms with van der Waals surface area (Å²) in [6.07, 6.45) is 0.157. The van der Waals surface area contributed by atoms with E-state index in [-0.39, 0.29) is 17.2 Å². The molecule has 0 spiro atoms. The maximum absolute atomic E-state index is 12.4. The van der Waals surface area contributed by atoms with Crippen molar-refractivity contribution in [1.82, 2.24) is 4.72 Å². The predicted octanol–water partition coefficient (Wildman–Crippen LogP) is 2.53. The second kappa shape index (κ2) is 6.43. The minimum absolute atomic E-state index is 0.0836. The minimum Gasteiger partial charge on any atom is -0.311 e. The van der Waals surface area contributed by atoms with Crippen molar-refractivity contribution in [2.45, 2.75) is 17.4 Å². The lowest BCUT2D eigenvalue weighted by Crippen LogP contribution is -2.37. The molecule has 2 aromatic rings. The van der Waals surface area contributed by atoms with Crippen molar-refractivity contribution in [3.05, 3.63) is 59.1 Å². The van der Waals surface area contributed by atoms with Gasteiger partial charge in [0.05, 0.1) is 4.90 Å². The van der Waals surface area contributed by atoms with Gasteiger partial charge in [-0.1, -0.05) is 34.1 Å². The predicted molar refractivity (Wildman–Crippen MR) is 91.7 cm³/mol. The number of para-hydroxylation sites is 1. The zero-order valence-corrected chi connectivity index (χ0v) is 14.5. The number of anilines is 1. The first-order valence-corrected chi connectivity index (χ1v) is 9.37. The van der Waals surface area contributed by atoms with Crippen molar-refractivity contribution in [2.24, 2.45) is 0 Å². The third-order valence-corrected chi connectivity index (χ3v) is 5.70. The van der Waals surface area contributed by atoms with Gasteiger partial charge in [0.2, 0.25) is 15.9 Å². The fourth-order valence-electron chi connectivity index (χ4n) is 2.55. The van der Waals surface area contributed by atoms with Crippen molar-refractivity contribution in [3.63, 3.8) is 0 Å². The van der Waals surface area contributed by atoms with Gasteiger partial charge in [0, 0.05) is 29.2 Å². The molecule has 0 aliphatic carbocycles. The van der Waals surface area contributed by atoms with Gasteiger partial charge in [-0.3, -0.25) is 4.79 Å². The van der Waals surface area contributed by atoms with Crippen LogP contribution >= 0.6 is 15.9 Å². The van der Waals surface area contributed by atoms with Gasteiger partial charge < -0.3 is 4.90 Å². The first kappa shape index (κ1) is 16.2. The molecule has 1 N–H and O–H groups in total. The van der Waals surface area contributed by atoms with E-state index in [1.54, 1.807) is 17.0 Å². The average molecular weight is 395 g/mol. The number of nitrogens with one attached hydrogen (secondary N) is 1. The Hall–Kier alpha value is -1.70. The second-order valence-corrected chi connectivity index (χ2v) is 7.95. The quantitative estimate of drug-likeness (QED) is 0.866. The fraction of sp³-hybridized carbons (Fsp3) is 0.188. The van der Waals surface area contributed by atoms with Crippen LogP contribution in [0.25, 0.3) is 0 Å². The molecule has 23 heavy (non-hydrogen) atoms. The summed E-state index contributed by atoms with van der Waals surface area (Å²) in [5.74, 6) is -0.0836. The van der Waals surface area contributed by atoms with Gasteiger partial charge in [-0.2, -0.15) is 0 Å². The smallest absolute Gasteiger partial charge is 0.240 e. The van der Waals surface area contributed by atoms with E-state index >= 15 is 0 Å². The molecule has 1 heterocycles. The number of amides is 1. The lowest BCUT2D eigenvalue weighted by atomic mass is 10.3. The Labute approximate surface area is 143 Å². The van der Waals surface area contributed by atoms with Crippen LogP contribution in [-0.2, 0) is 14.8 Å². The summed E-state index contributed by atoms with van der Waals surface area (Å²) in [6, 6.07) is 15.2. The molecule has 1 saturated heterocycles. The minimum atomic E-state index is -3.64. The highest BCUT2D eigenvalue weighted by molar-refractivity contribution is 9.10. The maximum atomic E-state index is 12.4. The van der Waals surface area contributed by atoms with Gasteiger partial charge in [0.15, 0.2) is 0 Å². The average Bonchev–Trinajstić information content (AvgIpc) is 2.88. The van der Waals surface area contributed by atoms with Gasteiger partial charge in [-0.15, -0.1) is 0 Å². The van der Waals surface area contributed by atoms with Crippen LogP contribution in [0.5, 0.6) is 0 Å². The number of halogens is 1. The number of sulfonamides is 1. The lowest BCUT2D eigenvalue weighted by Gasteiger charge is -2.17. The summed E-state index contributed by atoms with van der Waals surface area (Å²) in [6.45, 7) is 0.332. The van der Waals surface area contributed by atoms with Crippen molar-refractivity contribution in [2.75, 3.05) is 11.4 Å². The normalized spacial score (nSPS) is 18.4. The zero-order valence-electron chi connectivity index (χ0n) is 12.1. The Kier molecular flexibility index (Phi) is 4.52. The van der Waals surface area contributed by atoms with Crippen LogP contribution in [0.15, 0.2) is 64.0 Å². The highest BCUT2D eigenvalue weighted by atomic mass is 79.9. The molecule has 0 bridgehead atoms. The molecule has 5 nitrogen and oxygen atoms in total. The van der Waals surface area contributed by atoms with E-state index in [0.717, 1.165) is 10.2 Å². The van der Waals surface area contributed by atoms with E-state index < -0.39 is 16.1 Å². The summed E-state index contributed by atoms with van der Waals surface area (Å²) in [5, 5.41) is 0. The SMILES string of the molecule is O=C1CC(NS(=O)(=O)c2ccc(Br)cc2)CN1c1ccccc1. The summed E-state index contributed by atoms with van der Waals surface area (Å²) in [5.41, 5.74) is 0.780. The number of carbonyl (C=O) groups is 1. The second-order valence-electron chi connectivity index (χ2n) is 5.32. The molecule has 2 aromatic carbocycles. The molecule has 1 fully saturated rings. The Morgan fingerprint density at radius 2 is 1.70 bits per heavy atom. The molecular formula is C16H15BrN2O3S. The van der Waals surface area contributed by atoms with Crippen molar-refractivity contribution >= 4 is 37.5 Å². The number of nitrogens with zero attached hydrogens (tertiary/aromatic N) is 1. The Morgan fingerprint density at radius 3 is 2.35 bits per heavy atom. The van der Waals surface area contributed by atoms with Gasteiger partial charge in [0.1, 0.15) is 0 Å². The highest BCUT2D eigenvalue weighted by Gasteiger charge is 2.33. The monoisotopic (exact) mass is 394 g/mol. The molecule has 1 unspecified atom stereocenters. The third kappa shape index (κ3) is 3.63. The van der Waals surface area contributed by atoms with Crippen LogP contribution in [0.3, 0.4) is 0 Å². The summed E-state index contributed by atoms with van der Waals surface area (Å²) < 4.78 is 28.2. The van der Waals surface area contributed by atoms with Gasteiger partial charge >= 0.3 is 0 Å². The number of hydrogen-bond acceptors (Lipinski definition) is 3. The van der Waals surface area contributed by atoms with Crippen LogP contribution in [0, 0.1) is 0 Å². The first-order valence-electron chi connectivity index (χ1n) is 7.09. The van der Waals surface area contributed by atoms with Crippen LogP contribution < -0.4 is 9.62 Å². The van der Waals surface area contributed by atoms with Crippen molar-refractivity contribution in [1.29, 1.82) is 0 Å². The number of benzene rings is 2. The lowest BCUT2D eigenvalue weighted by molar-refractivity contribution is -0.117. The van der Waals surface area contributed by atoms with E-state index in [2.05, 4.69) is 20.7 Å². The molecular weight excluding hydrogens is 380 g/mol. The first-order chi connectivity index (χ1) is 11.0. The van der Waals surface area contributed by atoms with E-state index in [4.69, 9.17) is 0 Å². The molecule has 120 valence electrons. The van der Waals surface area contributed by atoms with E-state index in [9.17, 15) is 13.2 Å². The van der Waals surface area contributed by atoms with Gasteiger partial charge in [-0.25, -0.2) is 13.1 Å². The van der Waals surface area contributed by atoms with E-state index in [1.807, 2.05) is 30.3 Å². The summed E-state index contributed by atoms with van der Waals surface area (Å²) in [7, 11) is -3.64. The Bertz CT molecular complexity index is 807. The maximum Gasteiger partial charge on any atom is 0.240 e. The zero-order chi connectivity index (χ0) is 16.4. The molecule has 1 amide bonds. The summed E-state index contributed by atoms with van der Waals surface area (Å²) >= 11 is 3.28. The molecule has 0 aromatic heterocycles. The van der Waals surface area contributed by atoms with Gasteiger partial charge in [0.25, 0.3) is 0 Å². The number of carbonyl (C=O) groups excluding carboxylic acids is 1. The van der Waals surface area contributed by atoms with Crippen molar-refractivity contribution < 1.29 is 13.2 Å². The third-order valence-electron chi connectivity index (χ3n) is 3.64. The van der Waals surface area contributed by atoms with Gasteiger partial charge in [-0.05, 0) is 36.4 Å². The molecule has 0 saturated carbocycles. The van der Waals surface area contributed by atoms with E-state index in [1.165, 1.54) is 12.1 Å². The molecule has 1 atom stereocenters. The molecule has 1 aliphatic rings. The number of hydrogen-bond donors (Lipinski definition) is 1. The fourth-order valence-corrected chi connectivity index (χ4v) is 4.04. The Balaban J connectivity index is 1.74. The Morgan fingerprint density at radius 1 is 1.04 bits per heavy atom. The molecule has 0 radical (unpaired) electrons. The van der Waals surface area contributed by atoms with E-state index in [0.29, 0.717) is 6.54 Å². The topological polar surface area (TPSA) is 66.5 Å². The van der Waals surface area contributed by atoms with Crippen molar-refractivity contribution in [3.8, 4) is 0 Å². The summed E-state index contributed by atoms with van der Waals surface area (Å²) in [4.78, 5) is 13.9. The van der Waals surface area contributed by atoms with Crippen LogP contribution in [0.1, 0.15) is 6.42 Å². The molecule has 7 heteroatoms. The largest absolute Gasteiger partial charge is 0.311 e. The highest BCUT2D eigenvalue weighted by Crippen LogP contribution is 2.22. The standard InChI is InChI=1S/C16H15BrN2O3S/c17-12-6-8-15(9-7-12)23(21,22)18-13-10-16(20)19(11-13)14-4-2-1-3-5-14/h1-9,13,18H,10-11H2. The number of rotatable bonds is 4.